The van der Waals surface area contributed by atoms with Gasteiger partial charge >= 0.3 is 12.1 Å². The molecule has 1 aromatic carbocycles. The summed E-state index contributed by atoms with van der Waals surface area (Å²) in [4.78, 5) is 27.8. The predicted octanol–water partition coefficient (Wildman–Crippen LogP) is 7.36. The molecule has 0 fully saturated rings. The summed E-state index contributed by atoms with van der Waals surface area (Å²) in [5, 5.41) is 0.745. The van der Waals surface area contributed by atoms with E-state index in [1.165, 1.54) is 6.07 Å². The lowest BCUT2D eigenvalue weighted by molar-refractivity contribution is 0.0270. The van der Waals surface area contributed by atoms with Gasteiger partial charge in [0.15, 0.2) is 11.6 Å². The molecule has 39 heavy (non-hydrogen) atoms. The number of carbonyl (C=O) groups excluding carboxylic acids is 1. The number of nitrogen functional groups attached to an aromatic ring is 1. The van der Waals surface area contributed by atoms with E-state index in [4.69, 9.17) is 15.2 Å². The summed E-state index contributed by atoms with van der Waals surface area (Å²) in [5.41, 5.74) is 8.98. The zero-order valence-electron chi connectivity index (χ0n) is 21.9. The Kier molecular flexibility index (Phi) is 7.30. The topological polar surface area (TPSA) is 103 Å². The maximum atomic E-state index is 15.4. The molecule has 1 amide bonds. The van der Waals surface area contributed by atoms with E-state index in [2.05, 4.69) is 30.9 Å². The minimum absolute atomic E-state index is 0.0163. The number of anilines is 1. The molecule has 0 atom stereocenters. The lowest BCUT2D eigenvalue weighted by Gasteiger charge is -2.29. The highest BCUT2D eigenvalue weighted by molar-refractivity contribution is 9.10. The van der Waals surface area contributed by atoms with Gasteiger partial charge in [-0.2, -0.15) is 0 Å². The van der Waals surface area contributed by atoms with Gasteiger partial charge in [0, 0.05) is 47.0 Å². The number of rotatable bonds is 4. The maximum Gasteiger partial charge on any atom is 0.410 e. The van der Waals surface area contributed by atoms with Gasteiger partial charge in [0.25, 0.3) is 0 Å². The van der Waals surface area contributed by atoms with E-state index in [0.717, 1.165) is 30.6 Å². The van der Waals surface area contributed by atoms with Crippen LogP contribution in [0.25, 0.3) is 26.8 Å². The Morgan fingerprint density at radius 2 is 2.03 bits per heavy atom. The Labute approximate surface area is 237 Å². The Morgan fingerprint density at radius 1 is 1.23 bits per heavy atom. The predicted molar refractivity (Wildman–Crippen MR) is 154 cm³/mol. The Hall–Kier alpha value is -3.57. The molecule has 0 aliphatic carbocycles. The average molecular weight is 613 g/mol. The van der Waals surface area contributed by atoms with Crippen molar-refractivity contribution in [3.8, 4) is 22.9 Å². The molecule has 0 unspecified atom stereocenters. The van der Waals surface area contributed by atoms with Gasteiger partial charge in [-0.05, 0) is 79.4 Å². The molecule has 4 aromatic rings. The molecule has 1 aliphatic rings. The lowest BCUT2D eigenvalue weighted by atomic mass is 9.96. The van der Waals surface area contributed by atoms with Crippen molar-refractivity contribution >= 4 is 54.8 Å². The van der Waals surface area contributed by atoms with Crippen LogP contribution in [-0.2, 0) is 4.74 Å². The Bertz CT molecular complexity index is 1620. The van der Waals surface area contributed by atoms with Crippen LogP contribution in [0.4, 0.5) is 15.0 Å². The lowest BCUT2D eigenvalue weighted by Crippen LogP contribution is -2.39. The van der Waals surface area contributed by atoms with Crippen molar-refractivity contribution in [3.63, 3.8) is 0 Å². The molecule has 8 nitrogen and oxygen atoms in total. The van der Waals surface area contributed by atoms with Crippen molar-refractivity contribution in [2.24, 2.45) is 0 Å². The Morgan fingerprint density at radius 3 is 2.69 bits per heavy atom. The number of amides is 1. The molecule has 1 aliphatic heterocycles. The minimum atomic E-state index is -0.568. The molecule has 11 heteroatoms. The average Bonchev–Trinajstić information content (AvgIpc) is 3.29. The van der Waals surface area contributed by atoms with E-state index in [1.54, 1.807) is 53.8 Å². The van der Waals surface area contributed by atoms with Gasteiger partial charge in [0.1, 0.15) is 11.4 Å². The normalized spacial score (nSPS) is 13.9. The zero-order valence-corrected chi connectivity index (χ0v) is 24.3. The fourth-order valence-electron chi connectivity index (χ4n) is 4.27. The number of benzene rings is 1. The molecule has 2 N–H and O–H groups in total. The summed E-state index contributed by atoms with van der Waals surface area (Å²) in [7, 11) is 0. The SMILES string of the molecule is Cc1ccnc(Oc2ccc(-c3c(C4=CCN(C(=O)OC(C)(C)C)CC4)sc4c(Br)cnc(N)c34)cc2F)n1. The number of fused-ring (bicyclic) bond motifs is 1. The highest BCUT2D eigenvalue weighted by Crippen LogP contribution is 2.48. The van der Waals surface area contributed by atoms with Gasteiger partial charge in [-0.15, -0.1) is 11.3 Å². The second-order valence-corrected chi connectivity index (χ2v) is 12.0. The van der Waals surface area contributed by atoms with Crippen LogP contribution in [-0.4, -0.2) is 44.6 Å². The molecule has 4 heterocycles. The molecule has 0 saturated heterocycles. The van der Waals surface area contributed by atoms with Gasteiger partial charge in [0.2, 0.25) is 0 Å². The number of aromatic nitrogens is 3. The van der Waals surface area contributed by atoms with Crippen molar-refractivity contribution in [2.45, 2.75) is 39.7 Å². The van der Waals surface area contributed by atoms with E-state index < -0.39 is 11.4 Å². The molecule has 0 bridgehead atoms. The van der Waals surface area contributed by atoms with Crippen LogP contribution in [0.2, 0.25) is 0 Å². The smallest absolute Gasteiger partial charge is 0.410 e. The number of hydrogen-bond acceptors (Lipinski definition) is 8. The molecule has 0 saturated carbocycles. The van der Waals surface area contributed by atoms with Crippen LogP contribution in [0.1, 0.15) is 37.8 Å². The van der Waals surface area contributed by atoms with Crippen molar-refractivity contribution in [3.05, 3.63) is 63.6 Å². The number of carbonyl (C=O) groups is 1. The summed E-state index contributed by atoms with van der Waals surface area (Å²) >= 11 is 5.15. The summed E-state index contributed by atoms with van der Waals surface area (Å²) in [6, 6.07) is 6.58. The summed E-state index contributed by atoms with van der Waals surface area (Å²) in [6.07, 6.45) is 5.50. The van der Waals surface area contributed by atoms with Gasteiger partial charge in [-0.3, -0.25) is 0 Å². The van der Waals surface area contributed by atoms with E-state index in [1.807, 2.05) is 26.8 Å². The number of nitrogens with two attached hydrogens (primary N) is 1. The van der Waals surface area contributed by atoms with E-state index in [-0.39, 0.29) is 17.9 Å². The largest absolute Gasteiger partial charge is 0.444 e. The first kappa shape index (κ1) is 27.0. The first-order chi connectivity index (χ1) is 18.5. The summed E-state index contributed by atoms with van der Waals surface area (Å²) in [5.74, 6) is -0.188. The van der Waals surface area contributed by atoms with Crippen LogP contribution < -0.4 is 10.5 Å². The molecule has 202 valence electrons. The number of halogens is 2. The van der Waals surface area contributed by atoms with Gasteiger partial charge < -0.3 is 20.1 Å². The first-order valence-corrected chi connectivity index (χ1v) is 13.9. The van der Waals surface area contributed by atoms with Crippen LogP contribution in [0.3, 0.4) is 0 Å². The van der Waals surface area contributed by atoms with E-state index in [9.17, 15) is 4.79 Å². The summed E-state index contributed by atoms with van der Waals surface area (Å²) in [6.45, 7) is 8.25. The quantitative estimate of drug-likeness (QED) is 0.257. The molecular weight excluding hydrogens is 585 g/mol. The fraction of sp³-hybridized carbons (Fsp3) is 0.286. The Balaban J connectivity index is 1.54. The third-order valence-corrected chi connectivity index (χ3v) is 8.21. The molecule has 0 spiro atoms. The van der Waals surface area contributed by atoms with Crippen LogP contribution >= 0.6 is 27.3 Å². The molecular formula is C28H27BrFN5O3S. The van der Waals surface area contributed by atoms with E-state index in [0.29, 0.717) is 36.6 Å². The van der Waals surface area contributed by atoms with Crippen molar-refractivity contribution < 1.29 is 18.7 Å². The van der Waals surface area contributed by atoms with Crippen LogP contribution in [0, 0.1) is 12.7 Å². The standard InChI is InChI=1S/C28H27BrFN5O3S/c1-15-7-10-32-26(34-15)37-20-6-5-17(13-19(20)30)21-22-24(18(29)14-33-25(22)31)39-23(21)16-8-11-35(12-9-16)27(36)38-28(2,3)4/h5-8,10,13-14H,9,11-12H2,1-4H3,(H2,31,33). The van der Waals surface area contributed by atoms with Crippen molar-refractivity contribution in [1.82, 2.24) is 19.9 Å². The highest BCUT2D eigenvalue weighted by Gasteiger charge is 2.27. The third kappa shape index (κ3) is 5.74. The number of ether oxygens (including phenoxy) is 2. The zero-order chi connectivity index (χ0) is 27.9. The fourth-order valence-corrected chi connectivity index (χ4v) is 6.12. The minimum Gasteiger partial charge on any atom is -0.444 e. The third-order valence-electron chi connectivity index (χ3n) is 6.05. The monoisotopic (exact) mass is 611 g/mol. The van der Waals surface area contributed by atoms with Gasteiger partial charge in [0.05, 0.1) is 9.17 Å². The summed E-state index contributed by atoms with van der Waals surface area (Å²) < 4.78 is 28.2. The van der Waals surface area contributed by atoms with Gasteiger partial charge in [-0.25, -0.2) is 24.1 Å². The van der Waals surface area contributed by atoms with Gasteiger partial charge in [-0.1, -0.05) is 12.1 Å². The van der Waals surface area contributed by atoms with Crippen LogP contribution in [0.15, 0.2) is 47.2 Å². The molecule has 5 rings (SSSR count). The number of thiophene rings is 1. The number of nitrogens with zero attached hydrogens (tertiary/aromatic N) is 4. The number of hydrogen-bond donors (Lipinski definition) is 1. The second kappa shape index (κ2) is 10.5. The first-order valence-electron chi connectivity index (χ1n) is 12.3. The van der Waals surface area contributed by atoms with Crippen molar-refractivity contribution in [2.75, 3.05) is 18.8 Å². The second-order valence-electron chi connectivity index (χ2n) is 10.1. The van der Waals surface area contributed by atoms with E-state index >= 15 is 4.39 Å². The highest BCUT2D eigenvalue weighted by atomic mass is 79.9. The van der Waals surface area contributed by atoms with Crippen molar-refractivity contribution in [1.29, 1.82) is 0 Å². The maximum absolute atomic E-state index is 15.4. The van der Waals surface area contributed by atoms with Crippen LogP contribution in [0.5, 0.6) is 11.8 Å². The molecule has 3 aromatic heterocycles. The number of pyridine rings is 1. The molecule has 0 radical (unpaired) electrons. The number of aryl methyl sites for hydroxylation is 1.